The minimum atomic E-state index is -0.375. The van der Waals surface area contributed by atoms with E-state index in [1.54, 1.807) is 24.3 Å². The zero-order valence-electron chi connectivity index (χ0n) is 15.8. The van der Waals surface area contributed by atoms with Gasteiger partial charge in [0.25, 0.3) is 11.8 Å². The van der Waals surface area contributed by atoms with Crippen molar-refractivity contribution in [2.24, 2.45) is 0 Å². The van der Waals surface area contributed by atoms with E-state index in [-0.39, 0.29) is 23.3 Å². The highest BCUT2D eigenvalue weighted by Gasteiger charge is 2.12. The van der Waals surface area contributed by atoms with Crippen LogP contribution in [0.5, 0.6) is 0 Å². The summed E-state index contributed by atoms with van der Waals surface area (Å²) in [7, 11) is 3.94. The number of hydrogen-bond acceptors (Lipinski definition) is 5. The highest BCUT2D eigenvalue weighted by molar-refractivity contribution is 6.06. The highest BCUT2D eigenvalue weighted by atomic mass is 16.2. The third-order valence-electron chi connectivity index (χ3n) is 3.85. The molecule has 0 bridgehead atoms. The largest absolute Gasteiger partial charge is 0.351 e. The molecule has 7 heteroatoms. The van der Waals surface area contributed by atoms with Crippen LogP contribution < -0.4 is 10.6 Å². The minimum Gasteiger partial charge on any atom is -0.351 e. The Kier molecular flexibility index (Phi) is 7.19. The fourth-order valence-electron chi connectivity index (χ4n) is 2.40. The smallest absolute Gasteiger partial charge is 0.269 e. The van der Waals surface area contributed by atoms with E-state index in [4.69, 9.17) is 0 Å². The van der Waals surface area contributed by atoms with E-state index in [1.165, 1.54) is 25.3 Å². The number of nitrogens with one attached hydrogen (secondary N) is 2. The van der Waals surface area contributed by atoms with Gasteiger partial charge in [-0.3, -0.25) is 19.4 Å². The van der Waals surface area contributed by atoms with Gasteiger partial charge in [-0.15, -0.1) is 0 Å². The van der Waals surface area contributed by atoms with Crippen molar-refractivity contribution in [2.75, 3.05) is 32.5 Å². The molecule has 0 fully saturated rings. The molecule has 142 valence electrons. The lowest BCUT2D eigenvalue weighted by molar-refractivity contribution is 0.0946. The van der Waals surface area contributed by atoms with Crippen LogP contribution in [0.15, 0.2) is 42.6 Å². The maximum absolute atomic E-state index is 12.4. The van der Waals surface area contributed by atoms with Gasteiger partial charge >= 0.3 is 0 Å². The Balaban J connectivity index is 2.01. The van der Waals surface area contributed by atoms with Crippen LogP contribution in [0.4, 0.5) is 5.69 Å². The van der Waals surface area contributed by atoms with E-state index in [0.717, 1.165) is 13.0 Å². The van der Waals surface area contributed by atoms with Gasteiger partial charge in [0.05, 0.1) is 0 Å². The van der Waals surface area contributed by atoms with Crippen LogP contribution in [-0.2, 0) is 0 Å². The molecule has 1 aromatic carbocycles. The van der Waals surface area contributed by atoms with Gasteiger partial charge in [0.15, 0.2) is 5.78 Å². The SMILES string of the molecule is CC(=O)c1cccc(NC(=O)c2ccnc(C(=O)NCCCN(C)C)c2)c1. The maximum atomic E-state index is 12.4. The van der Waals surface area contributed by atoms with Gasteiger partial charge in [0.2, 0.25) is 0 Å². The van der Waals surface area contributed by atoms with Gasteiger partial charge in [-0.05, 0) is 58.3 Å². The lowest BCUT2D eigenvalue weighted by Crippen LogP contribution is -2.28. The molecule has 0 saturated carbocycles. The van der Waals surface area contributed by atoms with Crippen molar-refractivity contribution in [3.8, 4) is 0 Å². The number of carbonyl (C=O) groups is 3. The summed E-state index contributed by atoms with van der Waals surface area (Å²) in [5, 5.41) is 5.52. The van der Waals surface area contributed by atoms with Gasteiger partial charge in [0.1, 0.15) is 5.69 Å². The van der Waals surface area contributed by atoms with Crippen molar-refractivity contribution < 1.29 is 14.4 Å². The Morgan fingerprint density at radius 2 is 1.81 bits per heavy atom. The quantitative estimate of drug-likeness (QED) is 0.551. The van der Waals surface area contributed by atoms with Gasteiger partial charge in [-0.25, -0.2) is 0 Å². The lowest BCUT2D eigenvalue weighted by atomic mass is 10.1. The first-order chi connectivity index (χ1) is 12.9. The molecule has 1 aromatic heterocycles. The van der Waals surface area contributed by atoms with Crippen molar-refractivity contribution in [3.63, 3.8) is 0 Å². The van der Waals surface area contributed by atoms with E-state index in [1.807, 2.05) is 19.0 Å². The fraction of sp³-hybridized carbons (Fsp3) is 0.300. The van der Waals surface area contributed by atoms with Crippen molar-refractivity contribution in [1.82, 2.24) is 15.2 Å². The highest BCUT2D eigenvalue weighted by Crippen LogP contribution is 2.13. The lowest BCUT2D eigenvalue weighted by Gasteiger charge is -2.10. The van der Waals surface area contributed by atoms with Crippen LogP contribution in [0.1, 0.15) is 44.5 Å². The molecule has 0 aliphatic heterocycles. The number of Topliss-reactive ketones (excluding diaryl/α,β-unsaturated/α-hetero) is 1. The molecule has 2 amide bonds. The molecule has 7 nitrogen and oxygen atoms in total. The molecule has 0 atom stereocenters. The number of pyridine rings is 1. The van der Waals surface area contributed by atoms with Crippen molar-refractivity contribution in [3.05, 3.63) is 59.4 Å². The summed E-state index contributed by atoms with van der Waals surface area (Å²) < 4.78 is 0. The summed E-state index contributed by atoms with van der Waals surface area (Å²) in [4.78, 5) is 42.2. The van der Waals surface area contributed by atoms with E-state index >= 15 is 0 Å². The first kappa shape index (κ1) is 20.3. The minimum absolute atomic E-state index is 0.0803. The van der Waals surface area contributed by atoms with E-state index in [9.17, 15) is 14.4 Å². The molecular weight excluding hydrogens is 344 g/mol. The van der Waals surface area contributed by atoms with E-state index < -0.39 is 0 Å². The Morgan fingerprint density at radius 1 is 1.04 bits per heavy atom. The predicted octanol–water partition coefficient (Wildman–Crippen LogP) is 2.22. The molecule has 1 heterocycles. The Bertz CT molecular complexity index is 833. The number of benzene rings is 1. The van der Waals surface area contributed by atoms with Crippen LogP contribution in [0, 0.1) is 0 Å². The van der Waals surface area contributed by atoms with E-state index in [0.29, 0.717) is 23.4 Å². The Hall–Kier alpha value is -3.06. The normalized spacial score (nSPS) is 10.5. The molecular formula is C20H24N4O3. The monoisotopic (exact) mass is 368 g/mol. The predicted molar refractivity (Wildman–Crippen MR) is 104 cm³/mol. The van der Waals surface area contributed by atoms with Crippen LogP contribution in [0.2, 0.25) is 0 Å². The zero-order chi connectivity index (χ0) is 19.8. The molecule has 2 N–H and O–H groups in total. The Morgan fingerprint density at radius 3 is 2.52 bits per heavy atom. The molecule has 2 rings (SSSR count). The molecule has 27 heavy (non-hydrogen) atoms. The van der Waals surface area contributed by atoms with Gasteiger partial charge < -0.3 is 15.5 Å². The number of nitrogens with zero attached hydrogens (tertiary/aromatic N) is 2. The number of rotatable bonds is 8. The Labute approximate surface area is 158 Å². The van der Waals surface area contributed by atoms with E-state index in [2.05, 4.69) is 15.6 Å². The topological polar surface area (TPSA) is 91.4 Å². The first-order valence-electron chi connectivity index (χ1n) is 8.68. The first-order valence-corrected chi connectivity index (χ1v) is 8.68. The summed E-state index contributed by atoms with van der Waals surface area (Å²) in [6.45, 7) is 2.87. The molecule has 0 saturated heterocycles. The molecule has 2 aromatic rings. The number of ketones is 1. The van der Waals surface area contributed by atoms with Gasteiger partial charge in [-0.2, -0.15) is 0 Å². The second kappa shape index (κ2) is 9.59. The van der Waals surface area contributed by atoms with Crippen molar-refractivity contribution in [2.45, 2.75) is 13.3 Å². The summed E-state index contributed by atoms with van der Waals surface area (Å²) in [6, 6.07) is 9.68. The number of anilines is 1. The van der Waals surface area contributed by atoms with Crippen LogP contribution >= 0.6 is 0 Å². The van der Waals surface area contributed by atoms with Crippen molar-refractivity contribution >= 4 is 23.3 Å². The zero-order valence-corrected chi connectivity index (χ0v) is 15.8. The third-order valence-corrected chi connectivity index (χ3v) is 3.85. The van der Waals surface area contributed by atoms with Gasteiger partial charge in [0, 0.05) is 29.6 Å². The van der Waals surface area contributed by atoms with Gasteiger partial charge in [-0.1, -0.05) is 12.1 Å². The third kappa shape index (κ3) is 6.31. The second-order valence-electron chi connectivity index (χ2n) is 6.43. The number of aromatic nitrogens is 1. The molecule has 0 aliphatic rings. The van der Waals surface area contributed by atoms with Crippen molar-refractivity contribution in [1.29, 1.82) is 0 Å². The molecule has 0 radical (unpaired) electrons. The maximum Gasteiger partial charge on any atom is 0.269 e. The summed E-state index contributed by atoms with van der Waals surface area (Å²) in [6.07, 6.45) is 2.25. The molecule has 0 unspecified atom stereocenters. The second-order valence-corrected chi connectivity index (χ2v) is 6.43. The number of hydrogen-bond donors (Lipinski definition) is 2. The van der Waals surface area contributed by atoms with Crippen LogP contribution in [0.3, 0.4) is 0 Å². The summed E-state index contributed by atoms with van der Waals surface area (Å²) in [5.41, 5.74) is 1.53. The van der Waals surface area contributed by atoms with Crippen LogP contribution in [-0.4, -0.2) is 54.7 Å². The number of amides is 2. The molecule has 0 spiro atoms. The fourth-order valence-corrected chi connectivity index (χ4v) is 2.40. The standard InChI is InChI=1S/C20H24N4O3/c1-14(25)15-6-4-7-17(12-15)23-19(26)16-8-10-21-18(13-16)20(27)22-9-5-11-24(2)3/h4,6-8,10,12-13H,5,9,11H2,1-3H3,(H,22,27)(H,23,26). The summed E-state index contributed by atoms with van der Waals surface area (Å²) >= 11 is 0. The molecule has 0 aliphatic carbocycles. The number of carbonyl (C=O) groups excluding carboxylic acids is 3. The average Bonchev–Trinajstić information content (AvgIpc) is 2.65. The summed E-state index contributed by atoms with van der Waals surface area (Å²) in [5.74, 6) is -0.773. The van der Waals surface area contributed by atoms with Crippen LogP contribution in [0.25, 0.3) is 0 Å². The average molecular weight is 368 g/mol.